The third-order valence-electron chi connectivity index (χ3n) is 8.85. The molecule has 4 amide bonds. The summed E-state index contributed by atoms with van der Waals surface area (Å²) in [5, 5.41) is 20.3. The molecular weight excluding hydrogens is 648 g/mol. The summed E-state index contributed by atoms with van der Waals surface area (Å²) in [4.78, 5) is 67.6. The topological polar surface area (TPSA) is 185 Å². The van der Waals surface area contributed by atoms with Crippen molar-refractivity contribution in [1.29, 1.82) is 0 Å². The molecule has 1 aliphatic rings. The maximum absolute atomic E-state index is 13.7. The Labute approximate surface area is 288 Å². The summed E-state index contributed by atoms with van der Waals surface area (Å²) < 4.78 is 0. The monoisotopic (exact) mass is 688 g/mol. The number of hydrogen-bond donors (Lipinski definition) is 7. The number of benzene rings is 3. The number of carbonyl (C=O) groups is 4. The van der Waals surface area contributed by atoms with Gasteiger partial charge in [0.05, 0.1) is 16.1 Å². The lowest BCUT2D eigenvalue weighted by atomic mass is 9.81. The Morgan fingerprint density at radius 2 is 1.65 bits per heavy atom. The van der Waals surface area contributed by atoms with Crippen LogP contribution in [-0.4, -0.2) is 57.5 Å². The van der Waals surface area contributed by atoms with Crippen LogP contribution < -0.4 is 27.0 Å². The maximum Gasteiger partial charge on any atom is 0.404 e. The Balaban J connectivity index is 1.32. The van der Waals surface area contributed by atoms with Crippen LogP contribution in [0.3, 0.4) is 0 Å². The average molecular weight is 689 g/mol. The van der Waals surface area contributed by atoms with Crippen molar-refractivity contribution in [2.24, 2.45) is 11.8 Å². The van der Waals surface area contributed by atoms with Gasteiger partial charge in [-0.1, -0.05) is 41.9 Å². The quantitative estimate of drug-likeness (QED) is 0.111. The molecule has 4 aromatic rings. The Kier molecular flexibility index (Phi) is 11.1. The fraction of sp³-hybridized carbons (Fsp3) is 0.361. The van der Waals surface area contributed by atoms with E-state index in [4.69, 9.17) is 16.7 Å². The second kappa shape index (κ2) is 15.4. The summed E-state index contributed by atoms with van der Waals surface area (Å²) in [5.74, 6) is -0.950. The molecule has 13 heteroatoms. The van der Waals surface area contributed by atoms with Crippen molar-refractivity contribution >= 4 is 52.1 Å². The molecule has 0 spiro atoms. The van der Waals surface area contributed by atoms with Gasteiger partial charge in [-0.25, -0.2) is 9.59 Å². The van der Waals surface area contributed by atoms with E-state index in [0.717, 1.165) is 22.3 Å². The molecule has 258 valence electrons. The molecule has 1 atom stereocenters. The number of aromatic amines is 2. The van der Waals surface area contributed by atoms with Crippen molar-refractivity contribution < 1.29 is 24.3 Å². The molecule has 3 aromatic carbocycles. The van der Waals surface area contributed by atoms with Gasteiger partial charge in [-0.3, -0.25) is 14.4 Å². The minimum Gasteiger partial charge on any atom is -0.465 e. The third-order valence-corrected chi connectivity index (χ3v) is 9.15. The first kappa shape index (κ1) is 35.2. The fourth-order valence-corrected chi connectivity index (χ4v) is 6.56. The van der Waals surface area contributed by atoms with E-state index in [-0.39, 0.29) is 41.1 Å². The highest BCUT2D eigenvalue weighted by Crippen LogP contribution is 2.30. The number of fused-ring (bicyclic) bond motifs is 1. The first-order valence-corrected chi connectivity index (χ1v) is 16.7. The lowest BCUT2D eigenvalue weighted by molar-refractivity contribution is -0.130. The van der Waals surface area contributed by atoms with Crippen LogP contribution in [0.5, 0.6) is 0 Å². The summed E-state index contributed by atoms with van der Waals surface area (Å²) in [6.45, 7) is 6.13. The number of nitrogens with one attached hydrogen (secondary N) is 6. The number of halogens is 1. The van der Waals surface area contributed by atoms with Crippen molar-refractivity contribution in [3.63, 3.8) is 0 Å². The SMILES string of the molecule is Cc1cc(C(=O)NC(C)C)ccc1-c1ccc(C[C@H](NC(=O)[C@H]2CC[C@H](CNC(=O)O)CC2)C(=O)Nc2cc(Cl)c3[nH]c(=O)[nH]c3c2)cc1. The molecule has 0 bridgehead atoms. The molecule has 1 heterocycles. The molecule has 0 saturated heterocycles. The van der Waals surface area contributed by atoms with Gasteiger partial charge in [0.25, 0.3) is 5.91 Å². The van der Waals surface area contributed by atoms with Gasteiger partial charge in [0.1, 0.15) is 6.04 Å². The summed E-state index contributed by atoms with van der Waals surface area (Å²) >= 11 is 6.36. The average Bonchev–Trinajstić information content (AvgIpc) is 3.44. The normalized spacial score (nSPS) is 16.6. The number of aromatic nitrogens is 2. The van der Waals surface area contributed by atoms with Crippen LogP contribution in [0.15, 0.2) is 59.4 Å². The van der Waals surface area contributed by atoms with Crippen molar-refractivity contribution in [1.82, 2.24) is 25.9 Å². The number of hydrogen-bond acceptors (Lipinski definition) is 5. The van der Waals surface area contributed by atoms with E-state index in [1.807, 2.05) is 57.2 Å². The summed E-state index contributed by atoms with van der Waals surface area (Å²) in [6, 6.07) is 15.5. The number of carboxylic acid groups (broad SMARTS) is 1. The first-order valence-electron chi connectivity index (χ1n) is 16.4. The number of imidazole rings is 1. The molecule has 1 fully saturated rings. The first-order chi connectivity index (χ1) is 23.4. The zero-order chi connectivity index (χ0) is 35.2. The minimum atomic E-state index is -1.07. The van der Waals surface area contributed by atoms with Crippen LogP contribution in [0.4, 0.5) is 10.5 Å². The zero-order valence-corrected chi connectivity index (χ0v) is 28.4. The Hall–Kier alpha value is -5.10. The maximum atomic E-state index is 13.7. The standard InChI is InChI=1S/C36H41ClN6O6/c1-19(2)39-33(45)25-12-13-27(20(3)14-25)23-8-4-21(5-9-23)15-30(41-32(44)24-10-6-22(7-11-24)18-38-36(48)49)34(46)40-26-16-28(37)31-29(17-26)42-35(47)43-31/h4-5,8-9,12-14,16-17,19,22,24,30,38H,6-7,10-11,15,18H2,1-3H3,(H,39,45)(H,40,46)(H,41,44)(H,48,49)(H2,42,43,47)/t22-,24-,30-/m0/s1. The Morgan fingerprint density at radius 1 is 0.939 bits per heavy atom. The molecular formula is C36H41ClN6O6. The molecule has 7 N–H and O–H groups in total. The Morgan fingerprint density at radius 3 is 2.31 bits per heavy atom. The largest absolute Gasteiger partial charge is 0.465 e. The van der Waals surface area contributed by atoms with Gasteiger partial charge in [0.15, 0.2) is 0 Å². The highest BCUT2D eigenvalue weighted by Gasteiger charge is 2.30. The van der Waals surface area contributed by atoms with E-state index in [0.29, 0.717) is 54.5 Å². The molecule has 0 aliphatic heterocycles. The van der Waals surface area contributed by atoms with E-state index in [2.05, 4.69) is 31.2 Å². The number of amides is 4. The summed E-state index contributed by atoms with van der Waals surface area (Å²) in [6.07, 6.45) is 1.72. The molecule has 1 aliphatic carbocycles. The summed E-state index contributed by atoms with van der Waals surface area (Å²) in [7, 11) is 0. The lowest BCUT2D eigenvalue weighted by Crippen LogP contribution is -2.48. The van der Waals surface area contributed by atoms with Crippen molar-refractivity contribution in [2.75, 3.05) is 11.9 Å². The van der Waals surface area contributed by atoms with Crippen LogP contribution in [0.2, 0.25) is 5.02 Å². The van der Waals surface area contributed by atoms with E-state index in [1.54, 1.807) is 12.1 Å². The fourth-order valence-electron chi connectivity index (χ4n) is 6.29. The molecule has 1 aromatic heterocycles. The minimum absolute atomic E-state index is 0.0323. The van der Waals surface area contributed by atoms with Crippen molar-refractivity contribution in [3.8, 4) is 11.1 Å². The molecule has 5 rings (SSSR count). The smallest absolute Gasteiger partial charge is 0.404 e. The van der Waals surface area contributed by atoms with Gasteiger partial charge in [-0.05, 0) is 98.9 Å². The Bertz CT molecular complexity index is 1910. The van der Waals surface area contributed by atoms with E-state index in [1.165, 1.54) is 6.07 Å². The van der Waals surface area contributed by atoms with E-state index >= 15 is 0 Å². The zero-order valence-electron chi connectivity index (χ0n) is 27.6. The molecule has 1 saturated carbocycles. The summed E-state index contributed by atoms with van der Waals surface area (Å²) in [5.41, 5.74) is 5.06. The van der Waals surface area contributed by atoms with Crippen LogP contribution >= 0.6 is 11.6 Å². The van der Waals surface area contributed by atoms with Crippen LogP contribution in [-0.2, 0) is 16.0 Å². The number of aryl methyl sites for hydroxylation is 1. The predicted molar refractivity (Wildman–Crippen MR) is 189 cm³/mol. The molecule has 49 heavy (non-hydrogen) atoms. The van der Waals surface area contributed by atoms with Crippen LogP contribution in [0.1, 0.15) is 61.0 Å². The highest BCUT2D eigenvalue weighted by molar-refractivity contribution is 6.35. The van der Waals surface area contributed by atoms with E-state index in [9.17, 15) is 24.0 Å². The second-order valence-corrected chi connectivity index (χ2v) is 13.4. The van der Waals surface area contributed by atoms with Gasteiger partial charge < -0.3 is 36.3 Å². The van der Waals surface area contributed by atoms with Gasteiger partial charge in [-0.15, -0.1) is 0 Å². The number of anilines is 1. The highest BCUT2D eigenvalue weighted by atomic mass is 35.5. The molecule has 0 radical (unpaired) electrons. The van der Waals surface area contributed by atoms with Crippen molar-refractivity contribution in [3.05, 3.63) is 86.8 Å². The van der Waals surface area contributed by atoms with Crippen molar-refractivity contribution in [2.45, 2.75) is 65.0 Å². The number of rotatable bonds is 11. The van der Waals surface area contributed by atoms with Gasteiger partial charge >= 0.3 is 11.8 Å². The lowest BCUT2D eigenvalue weighted by Gasteiger charge is -2.29. The second-order valence-electron chi connectivity index (χ2n) is 13.0. The third kappa shape index (κ3) is 9.08. The molecule has 0 unspecified atom stereocenters. The van der Waals surface area contributed by atoms with Crippen LogP contribution in [0, 0.1) is 18.8 Å². The predicted octanol–water partition coefficient (Wildman–Crippen LogP) is 5.36. The number of H-pyrrole nitrogens is 2. The number of carbonyl (C=O) groups excluding carboxylic acids is 3. The van der Waals surface area contributed by atoms with Gasteiger partial charge in [0, 0.05) is 36.2 Å². The van der Waals surface area contributed by atoms with Gasteiger partial charge in [-0.2, -0.15) is 0 Å². The van der Waals surface area contributed by atoms with Crippen LogP contribution in [0.25, 0.3) is 22.2 Å². The van der Waals surface area contributed by atoms with E-state index < -0.39 is 23.7 Å². The van der Waals surface area contributed by atoms with Gasteiger partial charge in [0.2, 0.25) is 11.8 Å². The molecule has 12 nitrogen and oxygen atoms in total.